The Hall–Kier alpha value is -0.300. The Bertz CT molecular complexity index is 116. The molecule has 0 amide bonds. The molecular formula is C9H16O. The van der Waals surface area contributed by atoms with Crippen molar-refractivity contribution in [2.45, 2.75) is 20.3 Å². The van der Waals surface area contributed by atoms with Gasteiger partial charge in [-0.2, -0.15) is 0 Å². The predicted molar refractivity (Wildman–Crippen MR) is 42.9 cm³/mol. The number of rotatable bonds is 1. The van der Waals surface area contributed by atoms with Crippen LogP contribution in [0.25, 0.3) is 0 Å². The minimum Gasteiger partial charge on any atom is -0.377 e. The van der Waals surface area contributed by atoms with Crippen molar-refractivity contribution in [1.29, 1.82) is 0 Å². The van der Waals surface area contributed by atoms with Crippen molar-refractivity contribution < 1.29 is 4.74 Å². The molecule has 1 aliphatic rings. The van der Waals surface area contributed by atoms with Crippen molar-refractivity contribution in [3.05, 3.63) is 12.2 Å². The van der Waals surface area contributed by atoms with Crippen LogP contribution in [0.15, 0.2) is 12.2 Å². The standard InChI is InChI=1S/C9H16O/c1-8(2)9-4-3-6-10-7-5-9/h3-4,8-9H,5-7H2,1-2H3. The SMILES string of the molecule is CC(C)C1C=CCOCC1. The number of ether oxygens (including phenoxy) is 1. The third-order valence-electron chi connectivity index (χ3n) is 2.05. The van der Waals surface area contributed by atoms with Crippen molar-refractivity contribution in [1.82, 2.24) is 0 Å². The van der Waals surface area contributed by atoms with Crippen LogP contribution in [0.2, 0.25) is 0 Å². The molecule has 0 aromatic rings. The zero-order valence-electron chi connectivity index (χ0n) is 6.84. The lowest BCUT2D eigenvalue weighted by molar-refractivity contribution is 0.153. The first-order valence-corrected chi connectivity index (χ1v) is 4.05. The summed E-state index contributed by atoms with van der Waals surface area (Å²) in [5, 5.41) is 0. The Labute approximate surface area is 63.1 Å². The molecule has 1 heteroatoms. The Morgan fingerprint density at radius 2 is 2.30 bits per heavy atom. The average molecular weight is 140 g/mol. The Balaban J connectivity index is 2.41. The van der Waals surface area contributed by atoms with Gasteiger partial charge in [0.25, 0.3) is 0 Å². The van der Waals surface area contributed by atoms with E-state index in [0.29, 0.717) is 0 Å². The fourth-order valence-electron chi connectivity index (χ4n) is 1.25. The van der Waals surface area contributed by atoms with Crippen LogP contribution in [0.1, 0.15) is 20.3 Å². The molecule has 10 heavy (non-hydrogen) atoms. The fraction of sp³-hybridized carbons (Fsp3) is 0.778. The minimum absolute atomic E-state index is 0.738. The molecule has 1 nitrogen and oxygen atoms in total. The summed E-state index contributed by atoms with van der Waals surface area (Å²) in [6, 6.07) is 0. The summed E-state index contributed by atoms with van der Waals surface area (Å²) in [5.74, 6) is 1.50. The normalized spacial score (nSPS) is 26.9. The van der Waals surface area contributed by atoms with E-state index in [1.54, 1.807) is 0 Å². The lowest BCUT2D eigenvalue weighted by Gasteiger charge is -2.13. The molecule has 0 aromatic heterocycles. The minimum atomic E-state index is 0.738. The highest BCUT2D eigenvalue weighted by molar-refractivity contribution is 4.91. The van der Waals surface area contributed by atoms with E-state index in [1.165, 1.54) is 6.42 Å². The number of hydrogen-bond acceptors (Lipinski definition) is 1. The molecule has 0 saturated carbocycles. The summed E-state index contributed by atoms with van der Waals surface area (Å²) in [7, 11) is 0. The number of allylic oxidation sites excluding steroid dienone is 1. The molecule has 58 valence electrons. The van der Waals surface area contributed by atoms with Crippen molar-refractivity contribution in [3.63, 3.8) is 0 Å². The van der Waals surface area contributed by atoms with E-state index in [4.69, 9.17) is 4.74 Å². The third kappa shape index (κ3) is 2.14. The van der Waals surface area contributed by atoms with Crippen molar-refractivity contribution in [2.24, 2.45) is 11.8 Å². The maximum Gasteiger partial charge on any atom is 0.0647 e. The summed E-state index contributed by atoms with van der Waals surface area (Å²) < 4.78 is 5.29. The first kappa shape index (κ1) is 7.80. The second-order valence-electron chi connectivity index (χ2n) is 3.20. The van der Waals surface area contributed by atoms with Gasteiger partial charge in [-0.25, -0.2) is 0 Å². The molecule has 0 saturated heterocycles. The highest BCUT2D eigenvalue weighted by atomic mass is 16.5. The van der Waals surface area contributed by atoms with Crippen LogP contribution in [0.3, 0.4) is 0 Å². The lowest BCUT2D eigenvalue weighted by atomic mass is 9.93. The van der Waals surface area contributed by atoms with Crippen molar-refractivity contribution in [2.75, 3.05) is 13.2 Å². The fourth-order valence-corrected chi connectivity index (χ4v) is 1.25. The highest BCUT2D eigenvalue weighted by Crippen LogP contribution is 2.18. The Morgan fingerprint density at radius 3 is 3.00 bits per heavy atom. The van der Waals surface area contributed by atoms with E-state index in [9.17, 15) is 0 Å². The van der Waals surface area contributed by atoms with Gasteiger partial charge in [-0.3, -0.25) is 0 Å². The van der Waals surface area contributed by atoms with Gasteiger partial charge < -0.3 is 4.74 Å². The van der Waals surface area contributed by atoms with Crippen LogP contribution in [0.4, 0.5) is 0 Å². The largest absolute Gasteiger partial charge is 0.377 e. The molecule has 1 heterocycles. The quantitative estimate of drug-likeness (QED) is 0.507. The zero-order chi connectivity index (χ0) is 7.40. The van der Waals surface area contributed by atoms with Gasteiger partial charge in [-0.1, -0.05) is 26.0 Å². The maximum atomic E-state index is 5.29. The van der Waals surface area contributed by atoms with Gasteiger partial charge in [0.2, 0.25) is 0 Å². The summed E-state index contributed by atoms with van der Waals surface area (Å²) in [5.41, 5.74) is 0. The zero-order valence-corrected chi connectivity index (χ0v) is 6.84. The van der Waals surface area contributed by atoms with E-state index in [2.05, 4.69) is 26.0 Å². The molecular weight excluding hydrogens is 124 g/mol. The van der Waals surface area contributed by atoms with Gasteiger partial charge in [-0.15, -0.1) is 0 Å². The van der Waals surface area contributed by atoms with Crippen LogP contribution in [0, 0.1) is 11.8 Å². The maximum absolute atomic E-state index is 5.29. The molecule has 0 spiro atoms. The molecule has 0 fully saturated rings. The van der Waals surface area contributed by atoms with Gasteiger partial charge in [0, 0.05) is 6.61 Å². The second kappa shape index (κ2) is 3.77. The summed E-state index contributed by atoms with van der Waals surface area (Å²) in [6.45, 7) is 6.26. The Kier molecular flexibility index (Phi) is 2.94. The molecule has 1 rings (SSSR count). The predicted octanol–water partition coefficient (Wildman–Crippen LogP) is 2.24. The molecule has 0 radical (unpaired) electrons. The second-order valence-corrected chi connectivity index (χ2v) is 3.20. The van der Waals surface area contributed by atoms with E-state index < -0.39 is 0 Å². The molecule has 1 aliphatic heterocycles. The lowest BCUT2D eigenvalue weighted by Crippen LogP contribution is -2.06. The topological polar surface area (TPSA) is 9.23 Å². The first-order valence-electron chi connectivity index (χ1n) is 4.05. The van der Waals surface area contributed by atoms with Gasteiger partial charge in [0.1, 0.15) is 0 Å². The van der Waals surface area contributed by atoms with E-state index in [0.717, 1.165) is 25.0 Å². The molecule has 0 N–H and O–H groups in total. The highest BCUT2D eigenvalue weighted by Gasteiger charge is 2.10. The monoisotopic (exact) mass is 140 g/mol. The van der Waals surface area contributed by atoms with Gasteiger partial charge in [0.05, 0.1) is 6.61 Å². The molecule has 1 atom stereocenters. The van der Waals surface area contributed by atoms with Gasteiger partial charge in [0.15, 0.2) is 0 Å². The van der Waals surface area contributed by atoms with Gasteiger partial charge in [-0.05, 0) is 18.3 Å². The van der Waals surface area contributed by atoms with Crippen LogP contribution in [-0.2, 0) is 4.74 Å². The molecule has 1 unspecified atom stereocenters. The van der Waals surface area contributed by atoms with E-state index >= 15 is 0 Å². The smallest absolute Gasteiger partial charge is 0.0647 e. The first-order chi connectivity index (χ1) is 4.80. The van der Waals surface area contributed by atoms with Crippen LogP contribution < -0.4 is 0 Å². The summed E-state index contributed by atoms with van der Waals surface area (Å²) in [4.78, 5) is 0. The van der Waals surface area contributed by atoms with E-state index in [1.807, 2.05) is 0 Å². The molecule has 0 aliphatic carbocycles. The Morgan fingerprint density at radius 1 is 1.50 bits per heavy atom. The van der Waals surface area contributed by atoms with Crippen molar-refractivity contribution >= 4 is 0 Å². The summed E-state index contributed by atoms with van der Waals surface area (Å²) in [6.07, 6.45) is 5.61. The van der Waals surface area contributed by atoms with Gasteiger partial charge >= 0.3 is 0 Å². The van der Waals surface area contributed by atoms with Crippen LogP contribution in [-0.4, -0.2) is 13.2 Å². The molecule has 0 aromatic carbocycles. The summed E-state index contributed by atoms with van der Waals surface area (Å²) >= 11 is 0. The van der Waals surface area contributed by atoms with Crippen LogP contribution >= 0.6 is 0 Å². The van der Waals surface area contributed by atoms with E-state index in [-0.39, 0.29) is 0 Å². The van der Waals surface area contributed by atoms with Crippen LogP contribution in [0.5, 0.6) is 0 Å². The molecule has 0 bridgehead atoms. The van der Waals surface area contributed by atoms with Crippen molar-refractivity contribution in [3.8, 4) is 0 Å². The third-order valence-corrected chi connectivity index (χ3v) is 2.05. The average Bonchev–Trinajstić information content (AvgIpc) is 2.12. The number of hydrogen-bond donors (Lipinski definition) is 0.